The van der Waals surface area contributed by atoms with Crippen LogP contribution in [0.15, 0.2) is 0 Å². The summed E-state index contributed by atoms with van der Waals surface area (Å²) in [5, 5.41) is 9.45. The molecule has 0 aromatic rings. The van der Waals surface area contributed by atoms with E-state index < -0.39 is 0 Å². The molecule has 2 saturated carbocycles. The molecule has 3 heteroatoms. The van der Waals surface area contributed by atoms with Gasteiger partial charge in [0, 0.05) is 18.6 Å². The lowest BCUT2D eigenvalue weighted by molar-refractivity contribution is 0.0493. The fraction of sp³-hybridized carbons (Fsp3) is 1.00. The first-order valence-electron chi connectivity index (χ1n) is 8.43. The average Bonchev–Trinajstić information content (AvgIpc) is 2.70. The van der Waals surface area contributed by atoms with Gasteiger partial charge >= 0.3 is 0 Å². The molecule has 0 bridgehead atoms. The summed E-state index contributed by atoms with van der Waals surface area (Å²) in [6.07, 6.45) is 13.4. The van der Waals surface area contributed by atoms with Crippen LogP contribution in [0.4, 0.5) is 0 Å². The first-order valence-corrected chi connectivity index (χ1v) is 8.43. The van der Waals surface area contributed by atoms with Crippen molar-refractivity contribution >= 4 is 0 Å². The molecule has 112 valence electrons. The highest BCUT2D eigenvalue weighted by Crippen LogP contribution is 2.32. The van der Waals surface area contributed by atoms with E-state index in [2.05, 4.69) is 4.90 Å². The van der Waals surface area contributed by atoms with Crippen molar-refractivity contribution in [2.45, 2.75) is 76.3 Å². The summed E-state index contributed by atoms with van der Waals surface area (Å²) in [6, 6.07) is 1.33. The SMILES string of the molecule is NCC1CCCCCC1N(CCO)C1CCCCC1. The quantitative estimate of drug-likeness (QED) is 0.753. The molecular weight excluding hydrogens is 236 g/mol. The van der Waals surface area contributed by atoms with E-state index in [1.165, 1.54) is 64.2 Å². The smallest absolute Gasteiger partial charge is 0.0558 e. The monoisotopic (exact) mass is 268 g/mol. The molecule has 19 heavy (non-hydrogen) atoms. The van der Waals surface area contributed by atoms with Crippen LogP contribution in [-0.4, -0.2) is 41.8 Å². The maximum Gasteiger partial charge on any atom is 0.0558 e. The lowest BCUT2D eigenvalue weighted by atomic mass is 9.88. The lowest BCUT2D eigenvalue weighted by Gasteiger charge is -2.42. The van der Waals surface area contributed by atoms with Crippen molar-refractivity contribution < 1.29 is 5.11 Å². The Balaban J connectivity index is 2.05. The molecule has 0 amide bonds. The number of aliphatic hydroxyl groups is 1. The summed E-state index contributed by atoms with van der Waals surface area (Å²) in [6.45, 7) is 1.97. The molecule has 2 fully saturated rings. The van der Waals surface area contributed by atoms with E-state index >= 15 is 0 Å². The molecule has 0 radical (unpaired) electrons. The Labute approximate surface area is 118 Å². The second kappa shape index (κ2) is 8.23. The van der Waals surface area contributed by atoms with Gasteiger partial charge in [0.05, 0.1) is 6.61 Å². The van der Waals surface area contributed by atoms with Gasteiger partial charge in [0.1, 0.15) is 0 Å². The number of aliphatic hydroxyl groups excluding tert-OH is 1. The zero-order valence-corrected chi connectivity index (χ0v) is 12.4. The molecule has 0 aromatic carbocycles. The van der Waals surface area contributed by atoms with Crippen molar-refractivity contribution in [3.05, 3.63) is 0 Å². The molecule has 2 aliphatic rings. The van der Waals surface area contributed by atoms with Crippen molar-refractivity contribution in [1.29, 1.82) is 0 Å². The third-order valence-electron chi connectivity index (χ3n) is 5.25. The van der Waals surface area contributed by atoms with Crippen LogP contribution in [0.3, 0.4) is 0 Å². The van der Waals surface area contributed by atoms with E-state index in [-0.39, 0.29) is 0 Å². The number of rotatable bonds is 5. The van der Waals surface area contributed by atoms with Crippen LogP contribution in [-0.2, 0) is 0 Å². The van der Waals surface area contributed by atoms with Crippen LogP contribution in [0.5, 0.6) is 0 Å². The lowest BCUT2D eigenvalue weighted by Crippen LogP contribution is -2.50. The van der Waals surface area contributed by atoms with Crippen molar-refractivity contribution in [3.63, 3.8) is 0 Å². The Kier molecular flexibility index (Phi) is 6.62. The number of nitrogens with zero attached hydrogens (tertiary/aromatic N) is 1. The van der Waals surface area contributed by atoms with Crippen LogP contribution in [0.2, 0.25) is 0 Å². The average molecular weight is 268 g/mol. The largest absolute Gasteiger partial charge is 0.395 e. The second-order valence-corrected chi connectivity index (χ2v) is 6.45. The molecule has 0 saturated heterocycles. The molecule has 2 rings (SSSR count). The summed E-state index contributed by atoms with van der Waals surface area (Å²) in [7, 11) is 0. The first-order chi connectivity index (χ1) is 9.36. The van der Waals surface area contributed by atoms with Crippen molar-refractivity contribution in [3.8, 4) is 0 Å². The molecule has 0 spiro atoms. The van der Waals surface area contributed by atoms with Gasteiger partial charge in [0.25, 0.3) is 0 Å². The van der Waals surface area contributed by atoms with E-state index in [0.717, 1.165) is 13.1 Å². The predicted octanol–water partition coefficient (Wildman–Crippen LogP) is 2.52. The molecule has 0 aliphatic heterocycles. The van der Waals surface area contributed by atoms with Gasteiger partial charge in [-0.25, -0.2) is 0 Å². The van der Waals surface area contributed by atoms with E-state index in [4.69, 9.17) is 5.73 Å². The van der Waals surface area contributed by atoms with E-state index in [9.17, 15) is 5.11 Å². The number of hydrogen-bond donors (Lipinski definition) is 2. The Morgan fingerprint density at radius 3 is 2.16 bits per heavy atom. The topological polar surface area (TPSA) is 49.5 Å². The van der Waals surface area contributed by atoms with Crippen molar-refractivity contribution in [2.75, 3.05) is 19.7 Å². The molecule has 2 atom stereocenters. The van der Waals surface area contributed by atoms with Crippen molar-refractivity contribution in [2.24, 2.45) is 11.7 Å². The highest BCUT2D eigenvalue weighted by molar-refractivity contribution is 4.87. The van der Waals surface area contributed by atoms with E-state index in [1.807, 2.05) is 0 Å². The summed E-state index contributed by atoms with van der Waals surface area (Å²) in [5.41, 5.74) is 6.04. The molecule has 0 aromatic heterocycles. The van der Waals surface area contributed by atoms with Gasteiger partial charge < -0.3 is 10.8 Å². The normalized spacial score (nSPS) is 30.5. The fourth-order valence-electron chi connectivity index (χ4n) is 4.22. The van der Waals surface area contributed by atoms with Gasteiger partial charge in [0.2, 0.25) is 0 Å². The van der Waals surface area contributed by atoms with Crippen LogP contribution < -0.4 is 5.73 Å². The van der Waals surface area contributed by atoms with Crippen LogP contribution in [0, 0.1) is 5.92 Å². The molecule has 2 unspecified atom stereocenters. The third-order valence-corrected chi connectivity index (χ3v) is 5.25. The second-order valence-electron chi connectivity index (χ2n) is 6.45. The molecular formula is C16H32N2O. The molecule has 0 heterocycles. The van der Waals surface area contributed by atoms with Gasteiger partial charge in [-0.15, -0.1) is 0 Å². The zero-order valence-electron chi connectivity index (χ0n) is 12.4. The van der Waals surface area contributed by atoms with Crippen molar-refractivity contribution in [1.82, 2.24) is 4.90 Å². The van der Waals surface area contributed by atoms with E-state index in [0.29, 0.717) is 24.6 Å². The molecule has 2 aliphatic carbocycles. The van der Waals surface area contributed by atoms with E-state index in [1.54, 1.807) is 0 Å². The minimum atomic E-state index is 0.296. The van der Waals surface area contributed by atoms with Crippen LogP contribution >= 0.6 is 0 Å². The Hall–Kier alpha value is -0.120. The van der Waals surface area contributed by atoms with Gasteiger partial charge in [-0.2, -0.15) is 0 Å². The summed E-state index contributed by atoms with van der Waals surface area (Å²) in [5.74, 6) is 0.649. The standard InChI is InChI=1S/C16H32N2O/c17-13-14-7-3-1-6-10-16(14)18(11-12-19)15-8-4-2-5-9-15/h14-16,19H,1-13,17H2. The summed E-state index contributed by atoms with van der Waals surface area (Å²) in [4.78, 5) is 2.64. The number of nitrogens with two attached hydrogens (primary N) is 1. The van der Waals surface area contributed by atoms with Gasteiger partial charge in [-0.05, 0) is 38.1 Å². The summed E-state index contributed by atoms with van der Waals surface area (Å²) < 4.78 is 0. The highest BCUT2D eigenvalue weighted by atomic mass is 16.3. The van der Waals surface area contributed by atoms with Gasteiger partial charge in [-0.3, -0.25) is 4.90 Å². The Bertz CT molecular complexity index is 241. The molecule has 3 nitrogen and oxygen atoms in total. The third kappa shape index (κ3) is 4.17. The molecule has 3 N–H and O–H groups in total. The van der Waals surface area contributed by atoms with Gasteiger partial charge in [0.15, 0.2) is 0 Å². The number of hydrogen-bond acceptors (Lipinski definition) is 3. The minimum absolute atomic E-state index is 0.296. The maximum atomic E-state index is 9.45. The first kappa shape index (κ1) is 15.3. The minimum Gasteiger partial charge on any atom is -0.395 e. The van der Waals surface area contributed by atoms with Crippen LogP contribution in [0.25, 0.3) is 0 Å². The fourth-order valence-corrected chi connectivity index (χ4v) is 4.22. The Morgan fingerprint density at radius 2 is 1.53 bits per heavy atom. The summed E-state index contributed by atoms with van der Waals surface area (Å²) >= 11 is 0. The van der Waals surface area contributed by atoms with Crippen LogP contribution in [0.1, 0.15) is 64.2 Å². The van der Waals surface area contributed by atoms with Gasteiger partial charge in [-0.1, -0.05) is 38.5 Å². The Morgan fingerprint density at radius 1 is 0.895 bits per heavy atom. The zero-order chi connectivity index (χ0) is 13.5. The predicted molar refractivity (Wildman–Crippen MR) is 80.1 cm³/mol. The maximum absolute atomic E-state index is 9.45. The highest BCUT2D eigenvalue weighted by Gasteiger charge is 2.32.